The van der Waals surface area contributed by atoms with Crippen LogP contribution in [0.4, 0.5) is 0 Å². The van der Waals surface area contributed by atoms with Gasteiger partial charge in [-0.3, -0.25) is 4.79 Å². The van der Waals surface area contributed by atoms with Crippen molar-refractivity contribution in [2.75, 3.05) is 33.5 Å². The molecule has 0 bridgehead atoms. The topological polar surface area (TPSA) is 67.8 Å². The summed E-state index contributed by atoms with van der Waals surface area (Å²) in [6.07, 6.45) is 3.42. The van der Waals surface area contributed by atoms with E-state index in [4.69, 9.17) is 9.47 Å². The molecule has 0 amide bonds. The number of ether oxygens (including phenoxy) is 2. The summed E-state index contributed by atoms with van der Waals surface area (Å²) in [5, 5.41) is 12.5. The average molecular weight is 287 g/mol. The molecule has 2 atom stereocenters. The molecular weight excluding hydrogens is 258 g/mol. The lowest BCUT2D eigenvalue weighted by Gasteiger charge is -2.30. The van der Waals surface area contributed by atoms with Gasteiger partial charge in [-0.15, -0.1) is 0 Å². The number of carboxylic acids is 1. The first-order valence-electron chi connectivity index (χ1n) is 7.60. The minimum atomic E-state index is -0.752. The van der Waals surface area contributed by atoms with Crippen LogP contribution in [-0.4, -0.2) is 50.1 Å². The molecule has 1 aliphatic carbocycles. The Balaban J connectivity index is 2.19. The van der Waals surface area contributed by atoms with Crippen LogP contribution in [0, 0.1) is 11.8 Å². The third kappa shape index (κ3) is 4.72. The lowest BCUT2D eigenvalue weighted by Crippen LogP contribution is -2.53. The van der Waals surface area contributed by atoms with E-state index in [0.717, 1.165) is 25.9 Å². The Kier molecular flexibility index (Phi) is 7.48. The van der Waals surface area contributed by atoms with Crippen LogP contribution in [0.5, 0.6) is 0 Å². The first-order valence-corrected chi connectivity index (χ1v) is 7.60. The Morgan fingerprint density at radius 1 is 1.35 bits per heavy atom. The Labute approximate surface area is 122 Å². The van der Waals surface area contributed by atoms with Crippen molar-refractivity contribution < 1.29 is 19.4 Å². The Morgan fingerprint density at radius 3 is 2.65 bits per heavy atom. The minimum Gasteiger partial charge on any atom is -0.480 e. The zero-order valence-electron chi connectivity index (χ0n) is 13.0. The number of rotatable bonds is 10. The van der Waals surface area contributed by atoms with Crippen molar-refractivity contribution in [3.05, 3.63) is 0 Å². The summed E-state index contributed by atoms with van der Waals surface area (Å²) >= 11 is 0. The second-order valence-corrected chi connectivity index (χ2v) is 5.99. The van der Waals surface area contributed by atoms with Gasteiger partial charge in [-0.25, -0.2) is 0 Å². The summed E-state index contributed by atoms with van der Waals surface area (Å²) in [7, 11) is 1.74. The van der Waals surface area contributed by atoms with Gasteiger partial charge in [-0.05, 0) is 38.1 Å². The van der Waals surface area contributed by atoms with Crippen LogP contribution in [0.2, 0.25) is 0 Å². The third-order valence-corrected chi connectivity index (χ3v) is 4.08. The number of nitrogens with one attached hydrogen (secondary N) is 1. The highest BCUT2D eigenvalue weighted by molar-refractivity contribution is 5.79. The van der Waals surface area contributed by atoms with Gasteiger partial charge in [0.1, 0.15) is 5.54 Å². The average Bonchev–Trinajstić information content (AvgIpc) is 2.81. The number of hydrogen-bond acceptors (Lipinski definition) is 4. The quantitative estimate of drug-likeness (QED) is 0.601. The fourth-order valence-corrected chi connectivity index (χ4v) is 2.95. The highest BCUT2D eigenvalue weighted by Crippen LogP contribution is 2.37. The molecule has 1 saturated carbocycles. The second-order valence-electron chi connectivity index (χ2n) is 5.99. The molecule has 0 aromatic carbocycles. The summed E-state index contributed by atoms with van der Waals surface area (Å²) in [6.45, 7) is 6.78. The summed E-state index contributed by atoms with van der Waals surface area (Å²) in [5.41, 5.74) is -0.752. The minimum absolute atomic E-state index is 0.154. The van der Waals surface area contributed by atoms with Crippen LogP contribution in [-0.2, 0) is 14.3 Å². The first kappa shape index (κ1) is 17.4. The van der Waals surface area contributed by atoms with Crippen LogP contribution >= 0.6 is 0 Å². The van der Waals surface area contributed by atoms with Gasteiger partial charge in [0.2, 0.25) is 0 Å². The molecule has 0 aromatic heterocycles. The molecule has 0 aromatic rings. The van der Waals surface area contributed by atoms with Gasteiger partial charge < -0.3 is 19.9 Å². The molecule has 1 fully saturated rings. The molecule has 2 N–H and O–H groups in total. The molecule has 2 unspecified atom stereocenters. The van der Waals surface area contributed by atoms with Gasteiger partial charge in [0.15, 0.2) is 0 Å². The van der Waals surface area contributed by atoms with Gasteiger partial charge in [0.05, 0.1) is 13.2 Å². The maximum absolute atomic E-state index is 11.5. The van der Waals surface area contributed by atoms with Gasteiger partial charge in [-0.2, -0.15) is 0 Å². The standard InChI is InChI=1S/C15H29NO4/c1-12(2)11-20-10-9-19-8-6-13-5-4-7-15(13,16-3)14(17)18/h12-13,16H,4-11H2,1-3H3,(H,17,18). The number of hydrogen-bond donors (Lipinski definition) is 2. The Bertz CT molecular complexity index is 296. The molecule has 0 heterocycles. The van der Waals surface area contributed by atoms with E-state index in [1.807, 2.05) is 0 Å². The molecular formula is C15H29NO4. The highest BCUT2D eigenvalue weighted by Gasteiger charge is 2.47. The molecule has 0 spiro atoms. The molecule has 118 valence electrons. The molecule has 1 rings (SSSR count). The predicted molar refractivity (Wildman–Crippen MR) is 77.9 cm³/mol. The molecule has 0 radical (unpaired) electrons. The molecule has 5 nitrogen and oxygen atoms in total. The predicted octanol–water partition coefficient (Wildman–Crippen LogP) is 1.91. The molecule has 20 heavy (non-hydrogen) atoms. The van der Waals surface area contributed by atoms with E-state index in [9.17, 15) is 9.90 Å². The van der Waals surface area contributed by atoms with Gasteiger partial charge in [-0.1, -0.05) is 20.3 Å². The summed E-state index contributed by atoms with van der Waals surface area (Å²) in [4.78, 5) is 11.5. The van der Waals surface area contributed by atoms with Gasteiger partial charge >= 0.3 is 5.97 Å². The van der Waals surface area contributed by atoms with Crippen LogP contribution in [0.25, 0.3) is 0 Å². The Hall–Kier alpha value is -0.650. The molecule has 0 aliphatic heterocycles. The van der Waals surface area contributed by atoms with Crippen molar-refractivity contribution >= 4 is 5.97 Å². The van der Waals surface area contributed by atoms with Gasteiger partial charge in [0.25, 0.3) is 0 Å². The molecule has 1 aliphatic rings. The lowest BCUT2D eigenvalue weighted by molar-refractivity contribution is -0.146. The van der Waals surface area contributed by atoms with Crippen molar-refractivity contribution in [1.82, 2.24) is 5.32 Å². The zero-order valence-corrected chi connectivity index (χ0v) is 13.0. The van der Waals surface area contributed by atoms with E-state index < -0.39 is 11.5 Å². The maximum Gasteiger partial charge on any atom is 0.324 e. The van der Waals surface area contributed by atoms with Crippen molar-refractivity contribution in [2.24, 2.45) is 11.8 Å². The summed E-state index contributed by atoms with van der Waals surface area (Å²) in [5.74, 6) is -0.0374. The van der Waals surface area contributed by atoms with E-state index in [1.54, 1.807) is 7.05 Å². The van der Waals surface area contributed by atoms with E-state index in [0.29, 0.717) is 32.2 Å². The van der Waals surface area contributed by atoms with Crippen LogP contribution < -0.4 is 5.32 Å². The number of likely N-dealkylation sites (N-methyl/N-ethyl adjacent to an activating group) is 1. The van der Waals surface area contributed by atoms with E-state index in [-0.39, 0.29) is 5.92 Å². The summed E-state index contributed by atoms with van der Waals surface area (Å²) < 4.78 is 11.0. The van der Waals surface area contributed by atoms with Crippen molar-refractivity contribution in [2.45, 2.75) is 45.1 Å². The van der Waals surface area contributed by atoms with Crippen LogP contribution in [0.1, 0.15) is 39.5 Å². The normalized spacial score (nSPS) is 26.3. The number of carboxylic acid groups (broad SMARTS) is 1. The van der Waals surface area contributed by atoms with Crippen molar-refractivity contribution in [1.29, 1.82) is 0 Å². The summed E-state index contributed by atoms with van der Waals surface area (Å²) in [6, 6.07) is 0. The monoisotopic (exact) mass is 287 g/mol. The van der Waals surface area contributed by atoms with E-state index in [2.05, 4.69) is 19.2 Å². The van der Waals surface area contributed by atoms with Crippen molar-refractivity contribution in [3.8, 4) is 0 Å². The number of carbonyl (C=O) groups is 1. The largest absolute Gasteiger partial charge is 0.480 e. The SMILES string of the molecule is CNC1(C(=O)O)CCCC1CCOCCOCC(C)C. The fraction of sp³-hybridized carbons (Fsp3) is 0.933. The Morgan fingerprint density at radius 2 is 2.05 bits per heavy atom. The number of aliphatic carboxylic acids is 1. The van der Waals surface area contributed by atoms with Crippen LogP contribution in [0.15, 0.2) is 0 Å². The fourth-order valence-electron chi connectivity index (χ4n) is 2.95. The van der Waals surface area contributed by atoms with Crippen LogP contribution in [0.3, 0.4) is 0 Å². The molecule has 0 saturated heterocycles. The zero-order chi connectivity index (χ0) is 15.0. The smallest absolute Gasteiger partial charge is 0.324 e. The second kappa shape index (κ2) is 8.60. The van der Waals surface area contributed by atoms with Crippen molar-refractivity contribution in [3.63, 3.8) is 0 Å². The first-order chi connectivity index (χ1) is 9.53. The van der Waals surface area contributed by atoms with E-state index >= 15 is 0 Å². The lowest BCUT2D eigenvalue weighted by atomic mass is 9.85. The highest BCUT2D eigenvalue weighted by atomic mass is 16.5. The third-order valence-electron chi connectivity index (χ3n) is 4.08. The van der Waals surface area contributed by atoms with Gasteiger partial charge in [0, 0.05) is 13.2 Å². The maximum atomic E-state index is 11.5. The van der Waals surface area contributed by atoms with E-state index in [1.165, 1.54) is 0 Å². The molecule has 5 heteroatoms.